The monoisotopic (exact) mass is 310 g/mol. The van der Waals surface area contributed by atoms with Crippen molar-refractivity contribution in [1.82, 2.24) is 15.0 Å². The standard InChI is InChI=1S/C16H14N4OS/c1-21-16-19-8-12(9-20-16)14-6-11(7-18-15(14)17)10-2-4-13(22)5-3-10/h2-9,22H,1H3,(H2,17,18). The average Bonchev–Trinajstić information content (AvgIpc) is 2.56. The second-order valence-electron chi connectivity index (χ2n) is 4.66. The smallest absolute Gasteiger partial charge is 0.316 e. The number of ether oxygens (including phenoxy) is 1. The molecule has 0 aliphatic carbocycles. The van der Waals surface area contributed by atoms with Gasteiger partial charge in [0, 0.05) is 40.2 Å². The summed E-state index contributed by atoms with van der Waals surface area (Å²) in [7, 11) is 1.52. The number of methoxy groups -OCH3 is 1. The van der Waals surface area contributed by atoms with E-state index in [1.807, 2.05) is 30.3 Å². The fraction of sp³-hybridized carbons (Fsp3) is 0.0625. The second kappa shape index (κ2) is 6.03. The third kappa shape index (κ3) is 2.87. The number of hydrogen-bond donors (Lipinski definition) is 2. The van der Waals surface area contributed by atoms with Gasteiger partial charge in [0.05, 0.1) is 7.11 Å². The van der Waals surface area contributed by atoms with Crippen molar-refractivity contribution in [1.29, 1.82) is 0 Å². The van der Waals surface area contributed by atoms with Crippen LogP contribution in [-0.4, -0.2) is 22.1 Å². The molecule has 0 saturated heterocycles. The highest BCUT2D eigenvalue weighted by molar-refractivity contribution is 7.80. The molecule has 110 valence electrons. The maximum Gasteiger partial charge on any atom is 0.316 e. The molecular weight excluding hydrogens is 296 g/mol. The van der Waals surface area contributed by atoms with Gasteiger partial charge in [0.15, 0.2) is 0 Å². The highest BCUT2D eigenvalue weighted by Gasteiger charge is 2.08. The van der Waals surface area contributed by atoms with Gasteiger partial charge in [-0.2, -0.15) is 0 Å². The van der Waals surface area contributed by atoms with Crippen molar-refractivity contribution in [3.8, 4) is 28.3 Å². The first kappa shape index (κ1) is 14.3. The molecule has 0 aliphatic rings. The lowest BCUT2D eigenvalue weighted by atomic mass is 10.0. The van der Waals surface area contributed by atoms with Crippen LogP contribution in [0, 0.1) is 0 Å². The van der Waals surface area contributed by atoms with Crippen LogP contribution >= 0.6 is 12.6 Å². The van der Waals surface area contributed by atoms with Gasteiger partial charge in [-0.25, -0.2) is 15.0 Å². The Morgan fingerprint density at radius 2 is 1.55 bits per heavy atom. The van der Waals surface area contributed by atoms with E-state index in [1.165, 1.54) is 7.11 Å². The minimum Gasteiger partial charge on any atom is -0.467 e. The largest absolute Gasteiger partial charge is 0.467 e. The number of aromatic nitrogens is 3. The van der Waals surface area contributed by atoms with Crippen molar-refractivity contribution < 1.29 is 4.74 Å². The zero-order valence-electron chi connectivity index (χ0n) is 11.9. The van der Waals surface area contributed by atoms with Crippen LogP contribution in [0.5, 0.6) is 6.01 Å². The van der Waals surface area contributed by atoms with Gasteiger partial charge < -0.3 is 10.5 Å². The summed E-state index contributed by atoms with van der Waals surface area (Å²) in [6.07, 6.45) is 5.08. The lowest BCUT2D eigenvalue weighted by Gasteiger charge is -2.08. The van der Waals surface area contributed by atoms with Crippen LogP contribution in [0.25, 0.3) is 22.3 Å². The normalized spacial score (nSPS) is 10.5. The van der Waals surface area contributed by atoms with Crippen molar-refractivity contribution in [3.05, 3.63) is 48.9 Å². The summed E-state index contributed by atoms with van der Waals surface area (Å²) in [5.41, 5.74) is 9.57. The quantitative estimate of drug-likeness (QED) is 0.727. The third-order valence-corrected chi connectivity index (χ3v) is 3.54. The Balaban J connectivity index is 2.04. The molecule has 22 heavy (non-hydrogen) atoms. The molecule has 6 heteroatoms. The van der Waals surface area contributed by atoms with E-state index >= 15 is 0 Å². The summed E-state index contributed by atoms with van der Waals surface area (Å²) < 4.78 is 4.96. The molecule has 0 aliphatic heterocycles. The number of nitrogen functional groups attached to an aromatic ring is 1. The van der Waals surface area contributed by atoms with Crippen molar-refractivity contribution in [3.63, 3.8) is 0 Å². The Morgan fingerprint density at radius 1 is 0.909 bits per heavy atom. The molecular formula is C16H14N4OS. The molecule has 3 aromatic rings. The first-order valence-corrected chi connectivity index (χ1v) is 7.03. The summed E-state index contributed by atoms with van der Waals surface area (Å²) in [5.74, 6) is 0.434. The summed E-state index contributed by atoms with van der Waals surface area (Å²) >= 11 is 4.29. The molecule has 2 aromatic heterocycles. The molecule has 5 nitrogen and oxygen atoms in total. The topological polar surface area (TPSA) is 73.9 Å². The molecule has 0 amide bonds. The van der Waals surface area contributed by atoms with Crippen LogP contribution in [0.3, 0.4) is 0 Å². The molecule has 0 spiro atoms. The molecule has 0 bridgehead atoms. The molecule has 0 atom stereocenters. The molecule has 2 N–H and O–H groups in total. The number of benzene rings is 1. The van der Waals surface area contributed by atoms with E-state index in [4.69, 9.17) is 10.5 Å². The van der Waals surface area contributed by atoms with E-state index in [2.05, 4.69) is 27.6 Å². The maximum absolute atomic E-state index is 5.98. The molecule has 3 rings (SSSR count). The van der Waals surface area contributed by atoms with Crippen molar-refractivity contribution >= 4 is 18.4 Å². The number of nitrogens with zero attached hydrogens (tertiary/aromatic N) is 3. The Hall–Kier alpha value is -2.60. The lowest BCUT2D eigenvalue weighted by Crippen LogP contribution is -1.97. The minimum atomic E-state index is 0.316. The van der Waals surface area contributed by atoms with Crippen molar-refractivity contribution in [2.45, 2.75) is 4.90 Å². The first-order valence-electron chi connectivity index (χ1n) is 6.58. The van der Waals surface area contributed by atoms with Gasteiger partial charge >= 0.3 is 6.01 Å². The summed E-state index contributed by atoms with van der Waals surface area (Å²) in [5, 5.41) is 0. The predicted molar refractivity (Wildman–Crippen MR) is 88.9 cm³/mol. The van der Waals surface area contributed by atoms with Crippen LogP contribution in [0.2, 0.25) is 0 Å². The van der Waals surface area contributed by atoms with E-state index < -0.39 is 0 Å². The number of nitrogens with two attached hydrogens (primary N) is 1. The van der Waals surface area contributed by atoms with Gasteiger partial charge in [-0.3, -0.25) is 0 Å². The van der Waals surface area contributed by atoms with Gasteiger partial charge in [0.1, 0.15) is 5.82 Å². The number of rotatable bonds is 3. The van der Waals surface area contributed by atoms with E-state index in [0.29, 0.717) is 11.8 Å². The first-order chi connectivity index (χ1) is 10.7. The van der Waals surface area contributed by atoms with Crippen LogP contribution in [0.15, 0.2) is 53.8 Å². The van der Waals surface area contributed by atoms with E-state index in [9.17, 15) is 0 Å². The zero-order valence-corrected chi connectivity index (χ0v) is 12.8. The molecule has 0 unspecified atom stereocenters. The Kier molecular flexibility index (Phi) is 3.93. The molecule has 0 saturated carbocycles. The molecule has 1 aromatic carbocycles. The highest BCUT2D eigenvalue weighted by atomic mass is 32.1. The Bertz CT molecular complexity index is 788. The maximum atomic E-state index is 5.98. The lowest BCUT2D eigenvalue weighted by molar-refractivity contribution is 0.380. The number of pyridine rings is 1. The average molecular weight is 310 g/mol. The Morgan fingerprint density at radius 3 is 2.18 bits per heavy atom. The van der Waals surface area contributed by atoms with E-state index in [0.717, 1.165) is 27.1 Å². The number of hydrogen-bond acceptors (Lipinski definition) is 6. The molecule has 0 fully saturated rings. The summed E-state index contributed by atoms with van der Waals surface area (Å²) in [6.45, 7) is 0. The van der Waals surface area contributed by atoms with Crippen LogP contribution in [0.4, 0.5) is 5.82 Å². The van der Waals surface area contributed by atoms with E-state index in [1.54, 1.807) is 18.6 Å². The van der Waals surface area contributed by atoms with Gasteiger partial charge in [-0.15, -0.1) is 12.6 Å². The zero-order chi connectivity index (χ0) is 15.5. The number of thiol groups is 1. The van der Waals surface area contributed by atoms with Crippen LogP contribution in [-0.2, 0) is 0 Å². The van der Waals surface area contributed by atoms with Crippen molar-refractivity contribution in [2.75, 3.05) is 12.8 Å². The minimum absolute atomic E-state index is 0.316. The summed E-state index contributed by atoms with van der Waals surface area (Å²) in [4.78, 5) is 13.4. The van der Waals surface area contributed by atoms with E-state index in [-0.39, 0.29) is 0 Å². The second-order valence-corrected chi connectivity index (χ2v) is 5.18. The molecule has 0 radical (unpaired) electrons. The fourth-order valence-corrected chi connectivity index (χ4v) is 2.23. The highest BCUT2D eigenvalue weighted by Crippen LogP contribution is 2.29. The SMILES string of the molecule is COc1ncc(-c2cc(-c3ccc(S)cc3)cnc2N)cn1. The van der Waals surface area contributed by atoms with Crippen LogP contribution < -0.4 is 10.5 Å². The van der Waals surface area contributed by atoms with Gasteiger partial charge in [0.25, 0.3) is 0 Å². The van der Waals surface area contributed by atoms with Gasteiger partial charge in [0.2, 0.25) is 0 Å². The predicted octanol–water partition coefficient (Wildman–Crippen LogP) is 3.09. The third-order valence-electron chi connectivity index (χ3n) is 3.24. The van der Waals surface area contributed by atoms with Crippen LogP contribution in [0.1, 0.15) is 0 Å². The number of anilines is 1. The Labute approximate surface area is 133 Å². The van der Waals surface area contributed by atoms with Gasteiger partial charge in [-0.1, -0.05) is 12.1 Å². The fourth-order valence-electron chi connectivity index (χ4n) is 2.08. The molecule has 2 heterocycles. The summed E-state index contributed by atoms with van der Waals surface area (Å²) in [6, 6.07) is 10.1. The van der Waals surface area contributed by atoms with Gasteiger partial charge in [-0.05, 0) is 23.8 Å². The van der Waals surface area contributed by atoms with Crippen molar-refractivity contribution in [2.24, 2.45) is 0 Å².